The number of aromatic nitrogens is 1. The molecule has 9 heteroatoms. The van der Waals surface area contributed by atoms with Gasteiger partial charge in [-0.15, -0.1) is 0 Å². The van der Waals surface area contributed by atoms with Crippen LogP contribution in [0.1, 0.15) is 33.6 Å². The standard InChI is InChI=1S/C17H25N3O5S/c1-12(2)19-16(21)13(3)25-17(22)14-6-9-20(10-7-14)26(23,24)15-5-4-8-18-11-15/h4-5,8,11-14H,6-7,9-10H2,1-3H3,(H,19,21). The first-order chi connectivity index (χ1) is 12.2. The highest BCUT2D eigenvalue weighted by atomic mass is 32.2. The maximum Gasteiger partial charge on any atom is 0.309 e. The fourth-order valence-corrected chi connectivity index (χ4v) is 4.14. The van der Waals surface area contributed by atoms with Gasteiger partial charge < -0.3 is 10.1 Å². The molecule has 1 amide bonds. The van der Waals surface area contributed by atoms with Gasteiger partial charge in [0, 0.05) is 31.5 Å². The zero-order valence-corrected chi connectivity index (χ0v) is 16.0. The average Bonchev–Trinajstić information content (AvgIpc) is 2.62. The van der Waals surface area contributed by atoms with E-state index in [1.807, 2.05) is 13.8 Å². The summed E-state index contributed by atoms with van der Waals surface area (Å²) in [5.41, 5.74) is 0. The highest BCUT2D eigenvalue weighted by Gasteiger charge is 2.34. The molecule has 0 spiro atoms. The molecule has 1 N–H and O–H groups in total. The van der Waals surface area contributed by atoms with Gasteiger partial charge in [-0.05, 0) is 45.7 Å². The van der Waals surface area contributed by atoms with Crippen molar-refractivity contribution in [1.29, 1.82) is 0 Å². The van der Waals surface area contributed by atoms with Gasteiger partial charge in [-0.2, -0.15) is 4.31 Å². The molecule has 0 aromatic carbocycles. The summed E-state index contributed by atoms with van der Waals surface area (Å²) in [5, 5.41) is 2.69. The molecule has 1 aliphatic heterocycles. The minimum absolute atomic E-state index is 0.0374. The number of hydrogen-bond donors (Lipinski definition) is 1. The van der Waals surface area contributed by atoms with E-state index in [0.717, 1.165) is 0 Å². The summed E-state index contributed by atoms with van der Waals surface area (Å²) in [6.45, 7) is 5.63. The van der Waals surface area contributed by atoms with Crippen LogP contribution in [0.4, 0.5) is 0 Å². The number of amides is 1. The molecular weight excluding hydrogens is 358 g/mol. The Labute approximate surface area is 154 Å². The van der Waals surface area contributed by atoms with Crippen LogP contribution in [0.5, 0.6) is 0 Å². The minimum atomic E-state index is -3.61. The maximum atomic E-state index is 12.6. The molecular formula is C17H25N3O5S. The Bertz CT molecular complexity index is 728. The molecule has 1 aromatic heterocycles. The van der Waals surface area contributed by atoms with Gasteiger partial charge in [-0.25, -0.2) is 8.42 Å². The minimum Gasteiger partial charge on any atom is -0.452 e. The van der Waals surface area contributed by atoms with Crippen molar-refractivity contribution >= 4 is 21.9 Å². The lowest BCUT2D eigenvalue weighted by Crippen LogP contribution is -2.43. The second-order valence-electron chi connectivity index (χ2n) is 6.61. The second kappa shape index (κ2) is 8.59. The lowest BCUT2D eigenvalue weighted by atomic mass is 9.98. The first-order valence-corrected chi connectivity index (χ1v) is 10.1. The molecule has 0 radical (unpaired) electrons. The summed E-state index contributed by atoms with van der Waals surface area (Å²) in [4.78, 5) is 28.1. The van der Waals surface area contributed by atoms with Gasteiger partial charge in [0.2, 0.25) is 10.0 Å². The van der Waals surface area contributed by atoms with Crippen LogP contribution in [0, 0.1) is 5.92 Å². The number of carbonyl (C=O) groups excluding carboxylic acids is 2. The first kappa shape index (κ1) is 20.3. The van der Waals surface area contributed by atoms with E-state index in [2.05, 4.69) is 10.3 Å². The number of esters is 1. The second-order valence-corrected chi connectivity index (χ2v) is 8.55. The third-order valence-corrected chi connectivity index (χ3v) is 6.03. The molecule has 0 saturated carbocycles. The topological polar surface area (TPSA) is 106 Å². The largest absolute Gasteiger partial charge is 0.452 e. The van der Waals surface area contributed by atoms with Crippen LogP contribution in [-0.4, -0.2) is 54.8 Å². The summed E-state index contributed by atoms with van der Waals surface area (Å²) >= 11 is 0. The summed E-state index contributed by atoms with van der Waals surface area (Å²) in [7, 11) is -3.61. The predicted molar refractivity (Wildman–Crippen MR) is 94.6 cm³/mol. The van der Waals surface area contributed by atoms with E-state index >= 15 is 0 Å². The van der Waals surface area contributed by atoms with Crippen LogP contribution < -0.4 is 5.32 Å². The monoisotopic (exact) mass is 383 g/mol. The molecule has 1 atom stereocenters. The van der Waals surface area contributed by atoms with E-state index in [4.69, 9.17) is 4.74 Å². The zero-order chi connectivity index (χ0) is 19.3. The highest BCUT2D eigenvalue weighted by Crippen LogP contribution is 2.24. The molecule has 1 fully saturated rings. The fraction of sp³-hybridized carbons (Fsp3) is 0.588. The lowest BCUT2D eigenvalue weighted by molar-refractivity contribution is -0.160. The van der Waals surface area contributed by atoms with E-state index in [0.29, 0.717) is 12.8 Å². The molecule has 2 heterocycles. The van der Waals surface area contributed by atoms with Crippen molar-refractivity contribution in [3.63, 3.8) is 0 Å². The first-order valence-electron chi connectivity index (χ1n) is 8.63. The molecule has 2 rings (SSSR count). The smallest absolute Gasteiger partial charge is 0.309 e. The van der Waals surface area contributed by atoms with E-state index in [9.17, 15) is 18.0 Å². The Morgan fingerprint density at radius 2 is 1.92 bits per heavy atom. The van der Waals surface area contributed by atoms with Gasteiger partial charge in [-0.1, -0.05) is 0 Å². The van der Waals surface area contributed by atoms with Crippen LogP contribution in [0.25, 0.3) is 0 Å². The number of rotatable bonds is 6. The third kappa shape index (κ3) is 5.01. The predicted octanol–water partition coefficient (Wildman–Crippen LogP) is 0.939. The SMILES string of the molecule is CC(C)NC(=O)C(C)OC(=O)C1CCN(S(=O)(=O)c2cccnc2)CC1. The molecule has 1 aliphatic rings. The van der Waals surface area contributed by atoms with Gasteiger partial charge in [0.05, 0.1) is 5.92 Å². The van der Waals surface area contributed by atoms with Crippen LogP contribution in [0.15, 0.2) is 29.4 Å². The Hall–Kier alpha value is -2.00. The molecule has 26 heavy (non-hydrogen) atoms. The number of hydrogen-bond acceptors (Lipinski definition) is 6. The van der Waals surface area contributed by atoms with Crippen LogP contribution in [0.2, 0.25) is 0 Å². The van der Waals surface area contributed by atoms with Crippen LogP contribution in [-0.2, 0) is 24.3 Å². The summed E-state index contributed by atoms with van der Waals surface area (Å²) in [5.74, 6) is -1.22. The van der Waals surface area contributed by atoms with E-state index in [1.54, 1.807) is 6.07 Å². The van der Waals surface area contributed by atoms with Gasteiger partial charge >= 0.3 is 5.97 Å². The normalized spacial score (nSPS) is 17.7. The number of ether oxygens (including phenoxy) is 1. The van der Waals surface area contributed by atoms with E-state index in [1.165, 1.54) is 29.7 Å². The van der Waals surface area contributed by atoms with E-state index in [-0.39, 0.29) is 29.9 Å². The maximum absolute atomic E-state index is 12.6. The fourth-order valence-electron chi connectivity index (χ4n) is 2.71. The lowest BCUT2D eigenvalue weighted by Gasteiger charge is -2.30. The average molecular weight is 383 g/mol. The van der Waals surface area contributed by atoms with Crippen molar-refractivity contribution in [2.45, 2.75) is 50.7 Å². The van der Waals surface area contributed by atoms with Crippen molar-refractivity contribution < 1.29 is 22.7 Å². The zero-order valence-electron chi connectivity index (χ0n) is 15.2. The highest BCUT2D eigenvalue weighted by molar-refractivity contribution is 7.89. The van der Waals surface area contributed by atoms with Crippen molar-refractivity contribution in [1.82, 2.24) is 14.6 Å². The van der Waals surface area contributed by atoms with Crippen molar-refractivity contribution in [3.05, 3.63) is 24.5 Å². The van der Waals surface area contributed by atoms with Crippen molar-refractivity contribution in [2.75, 3.05) is 13.1 Å². The molecule has 8 nitrogen and oxygen atoms in total. The summed E-state index contributed by atoms with van der Waals surface area (Å²) in [6, 6.07) is 3.03. The number of sulfonamides is 1. The number of nitrogens with zero attached hydrogens (tertiary/aromatic N) is 2. The molecule has 0 aliphatic carbocycles. The van der Waals surface area contributed by atoms with Gasteiger partial charge in [0.15, 0.2) is 6.10 Å². The summed E-state index contributed by atoms with van der Waals surface area (Å²) < 4.78 is 31.7. The molecule has 1 aromatic rings. The van der Waals surface area contributed by atoms with Crippen molar-refractivity contribution in [2.24, 2.45) is 5.92 Å². The quantitative estimate of drug-likeness (QED) is 0.733. The van der Waals surface area contributed by atoms with E-state index < -0.39 is 28.0 Å². The number of nitrogens with one attached hydrogen (secondary N) is 1. The Balaban J connectivity index is 1.90. The molecule has 1 saturated heterocycles. The number of pyridine rings is 1. The number of carbonyl (C=O) groups is 2. The molecule has 144 valence electrons. The Kier molecular flexibility index (Phi) is 6.71. The van der Waals surface area contributed by atoms with Gasteiger partial charge in [-0.3, -0.25) is 14.6 Å². The van der Waals surface area contributed by atoms with Crippen LogP contribution in [0.3, 0.4) is 0 Å². The summed E-state index contributed by atoms with van der Waals surface area (Å²) in [6.07, 6.45) is 2.66. The van der Waals surface area contributed by atoms with Crippen LogP contribution >= 0.6 is 0 Å². The molecule has 1 unspecified atom stereocenters. The molecule has 0 bridgehead atoms. The van der Waals surface area contributed by atoms with Crippen molar-refractivity contribution in [3.8, 4) is 0 Å². The third-order valence-electron chi connectivity index (χ3n) is 4.15. The Morgan fingerprint density at radius 1 is 1.27 bits per heavy atom. The van der Waals surface area contributed by atoms with Gasteiger partial charge in [0.25, 0.3) is 5.91 Å². The number of piperidine rings is 1. The Morgan fingerprint density at radius 3 is 2.46 bits per heavy atom. The van der Waals surface area contributed by atoms with Gasteiger partial charge in [0.1, 0.15) is 4.90 Å².